The highest BCUT2D eigenvalue weighted by Gasteiger charge is 2.27. The number of allylic oxidation sites excluding steroid dienone is 14. The van der Waals surface area contributed by atoms with Gasteiger partial charge in [0.2, 0.25) is 0 Å². The molecule has 6 N–H and O–H groups in total. The van der Waals surface area contributed by atoms with Crippen LogP contribution in [0.4, 0.5) is 16.2 Å². The zero-order valence-electron chi connectivity index (χ0n) is 26.5. The molecule has 2 aromatic rings. The van der Waals surface area contributed by atoms with Crippen molar-refractivity contribution in [1.82, 2.24) is 0 Å². The molecule has 0 saturated heterocycles. The normalized spacial score (nSPS) is 18.6. The van der Waals surface area contributed by atoms with Crippen molar-refractivity contribution < 1.29 is 50.5 Å². The highest BCUT2D eigenvalue weighted by Crippen LogP contribution is 2.34. The number of nitrogens with zero attached hydrogens (tertiary/aromatic N) is 2. The third-order valence-corrected chi connectivity index (χ3v) is 9.76. The average Bonchev–Trinajstić information content (AvgIpc) is 3.07. The number of aliphatic hydroxyl groups is 2. The van der Waals surface area contributed by atoms with Crippen molar-refractivity contribution in [2.45, 2.75) is 12.8 Å². The van der Waals surface area contributed by atoms with Gasteiger partial charge in [-0.3, -0.25) is 18.7 Å². The first kappa shape index (κ1) is 35.6. The lowest BCUT2D eigenvalue weighted by Gasteiger charge is -2.19. The number of nitrogens with one attached hydrogen (secondary N) is 2. The fourth-order valence-electron chi connectivity index (χ4n) is 5.48. The number of benzene rings is 2. The number of amides is 4. The summed E-state index contributed by atoms with van der Waals surface area (Å²) < 4.78 is 65.1. The molecule has 0 unspecified atom stereocenters. The Balaban J connectivity index is 1.10. The van der Waals surface area contributed by atoms with Crippen LogP contribution in [-0.4, -0.2) is 65.4 Å². The summed E-state index contributed by atoms with van der Waals surface area (Å²) in [6.07, 6.45) is 10.2. The molecule has 6 rings (SSSR count). The largest absolute Gasteiger partial charge is 0.507 e. The van der Waals surface area contributed by atoms with E-state index in [9.17, 15) is 50.5 Å². The summed E-state index contributed by atoms with van der Waals surface area (Å²) in [5.74, 6) is -2.08. The van der Waals surface area contributed by atoms with Gasteiger partial charge < -0.3 is 20.8 Å². The maximum atomic E-state index is 13.0. The summed E-state index contributed by atoms with van der Waals surface area (Å²) in [7, 11) is -9.09. The lowest BCUT2D eigenvalue weighted by molar-refractivity contribution is 0.0995. The predicted octanol–water partition coefficient (Wildman–Crippen LogP) is 5.46. The molecule has 4 amide bonds. The molecule has 4 aliphatic rings. The summed E-state index contributed by atoms with van der Waals surface area (Å²) in [6.45, 7) is 0. The molecular weight excluding hydrogens is 717 g/mol. The molecule has 0 atom stereocenters. The summed E-state index contributed by atoms with van der Waals surface area (Å²) in [5.41, 5.74) is 2.34. The van der Waals surface area contributed by atoms with Gasteiger partial charge in [0.15, 0.2) is 0 Å². The van der Waals surface area contributed by atoms with Gasteiger partial charge in [0.1, 0.15) is 11.5 Å². The molecule has 17 heteroatoms. The lowest BCUT2D eigenvalue weighted by Crippen LogP contribution is -2.19. The molecule has 0 aliphatic heterocycles. The Morgan fingerprint density at radius 3 is 1.38 bits per heavy atom. The van der Waals surface area contributed by atoms with E-state index < -0.39 is 47.9 Å². The molecule has 0 saturated carbocycles. The minimum Gasteiger partial charge on any atom is -0.507 e. The number of carbonyl (C=O) groups excluding carboxylic acids is 3. The van der Waals surface area contributed by atoms with E-state index in [1.165, 1.54) is 85.0 Å². The Kier molecular flexibility index (Phi) is 9.44. The molecule has 0 fully saturated rings. The van der Waals surface area contributed by atoms with E-state index in [2.05, 4.69) is 20.6 Å². The molecule has 0 bridgehead atoms. The van der Waals surface area contributed by atoms with E-state index in [4.69, 9.17) is 0 Å². The van der Waals surface area contributed by atoms with Crippen LogP contribution < -0.4 is 10.6 Å². The number of rotatable bonds is 6. The first-order valence-electron chi connectivity index (χ1n) is 15.1. The van der Waals surface area contributed by atoms with Crippen LogP contribution >= 0.6 is 0 Å². The van der Waals surface area contributed by atoms with Gasteiger partial charge in [-0.25, -0.2) is 14.8 Å². The van der Waals surface area contributed by atoms with Crippen LogP contribution in [0.25, 0.3) is 0 Å². The molecular formula is C35H26N4O11S2. The van der Waals surface area contributed by atoms with E-state index in [0.717, 1.165) is 12.2 Å². The minimum atomic E-state index is -4.55. The van der Waals surface area contributed by atoms with Crippen molar-refractivity contribution in [3.8, 4) is 0 Å². The number of fused-ring (bicyclic) bond motifs is 2. The van der Waals surface area contributed by atoms with E-state index in [1.807, 2.05) is 0 Å². The van der Waals surface area contributed by atoms with Crippen molar-refractivity contribution >= 4 is 60.9 Å². The van der Waals surface area contributed by atoms with Crippen molar-refractivity contribution in [2.24, 2.45) is 9.98 Å². The van der Waals surface area contributed by atoms with Gasteiger partial charge in [0.25, 0.3) is 32.1 Å². The quantitative estimate of drug-likeness (QED) is 0.203. The van der Waals surface area contributed by atoms with Crippen LogP contribution in [0.15, 0.2) is 151 Å². The Morgan fingerprint density at radius 1 is 0.596 bits per heavy atom. The second-order valence-corrected chi connectivity index (χ2v) is 14.5. The minimum absolute atomic E-state index is 0.109. The highest BCUT2D eigenvalue weighted by molar-refractivity contribution is 7.90. The summed E-state index contributed by atoms with van der Waals surface area (Å²) in [5, 5.41) is 25.5. The Morgan fingerprint density at radius 2 is 1.00 bits per heavy atom. The smallest absolute Gasteiger partial charge is 0.323 e. The third-order valence-electron chi connectivity index (χ3n) is 7.91. The number of urea groups is 1. The molecule has 0 aromatic heterocycles. The summed E-state index contributed by atoms with van der Waals surface area (Å²) >= 11 is 0. The van der Waals surface area contributed by atoms with E-state index in [-0.39, 0.29) is 58.3 Å². The molecule has 0 radical (unpaired) electrons. The number of hydrogen-bond donors (Lipinski definition) is 6. The standard InChI is InChI=1S/C35H26N4O11S2/c40-31-17-27(51(45,46)47)15-21-13-25(7-9-29(21)31)36-33(42)19-3-1-5-23(11-19)38-35(44)39-24-6-2-4-20(12-24)34(43)37-26-8-10-30-22(14-26)16-28(18-32(30)41)52(48,49)50/h1-14,17-18,40-41H,15-16H2,(H2,38,39,44)(H,45,46,47)(H,48,49,50). The highest BCUT2D eigenvalue weighted by atomic mass is 32.2. The number of hydrogen-bond acceptors (Lipinski definition) is 9. The maximum Gasteiger partial charge on any atom is 0.323 e. The fraction of sp³-hybridized carbons (Fsp3) is 0.0571. The van der Waals surface area contributed by atoms with Crippen LogP contribution in [-0.2, 0) is 20.2 Å². The Bertz CT molecular complexity index is 2360. The molecule has 264 valence electrons. The predicted molar refractivity (Wildman–Crippen MR) is 191 cm³/mol. The topological polar surface area (TPSA) is 249 Å². The molecule has 0 heterocycles. The van der Waals surface area contributed by atoms with Crippen LogP contribution in [0.5, 0.6) is 0 Å². The van der Waals surface area contributed by atoms with E-state index >= 15 is 0 Å². The van der Waals surface area contributed by atoms with Gasteiger partial charge in [-0.05, 0) is 96.2 Å². The van der Waals surface area contributed by atoms with Crippen LogP contribution in [0, 0.1) is 0 Å². The number of anilines is 2. The first-order valence-corrected chi connectivity index (χ1v) is 18.0. The number of carbonyl (C=O) groups is 3. The monoisotopic (exact) mass is 742 g/mol. The number of aliphatic hydroxyl groups excluding tert-OH is 2. The molecule has 2 aromatic carbocycles. The fourth-order valence-corrected chi connectivity index (χ4v) is 6.67. The van der Waals surface area contributed by atoms with E-state index in [1.54, 1.807) is 0 Å². The van der Waals surface area contributed by atoms with Crippen molar-refractivity contribution in [3.05, 3.63) is 152 Å². The summed E-state index contributed by atoms with van der Waals surface area (Å²) in [6, 6.07) is 11.1. The van der Waals surface area contributed by atoms with Crippen LogP contribution in [0.1, 0.15) is 33.6 Å². The van der Waals surface area contributed by atoms with Gasteiger partial charge in [-0.15, -0.1) is 0 Å². The Hall–Kier alpha value is -6.27. The van der Waals surface area contributed by atoms with Gasteiger partial charge in [-0.2, -0.15) is 16.8 Å². The van der Waals surface area contributed by atoms with Gasteiger partial charge in [0, 0.05) is 46.5 Å². The van der Waals surface area contributed by atoms with Gasteiger partial charge in [0.05, 0.1) is 21.2 Å². The molecule has 15 nitrogen and oxygen atoms in total. The van der Waals surface area contributed by atoms with Gasteiger partial charge in [-0.1, -0.05) is 12.1 Å². The SMILES string of the molecule is O=C(Nc1cccc(C(=O)N=C2C=CC3=C(O)C=C(S(=O)(=O)O)CC3=C2)c1)Nc1cccc(C(=O)N=C2C=CC3=C(O)C=C(S(=O)(=O)O)CC3=C2)c1. The third kappa shape index (κ3) is 8.03. The van der Waals surface area contributed by atoms with E-state index in [0.29, 0.717) is 22.3 Å². The van der Waals surface area contributed by atoms with Crippen LogP contribution in [0.3, 0.4) is 0 Å². The molecule has 52 heavy (non-hydrogen) atoms. The first-order chi connectivity index (χ1) is 24.5. The lowest BCUT2D eigenvalue weighted by atomic mass is 9.91. The second-order valence-electron chi connectivity index (χ2n) is 11.6. The molecule has 4 aliphatic carbocycles. The zero-order chi connectivity index (χ0) is 37.4. The van der Waals surface area contributed by atoms with Crippen molar-refractivity contribution in [1.29, 1.82) is 0 Å². The maximum absolute atomic E-state index is 13.0. The summed E-state index contributed by atoms with van der Waals surface area (Å²) in [4.78, 5) is 46.1. The Labute approximate surface area is 296 Å². The average molecular weight is 743 g/mol. The second kappa shape index (κ2) is 13.8. The van der Waals surface area contributed by atoms with Crippen LogP contribution in [0.2, 0.25) is 0 Å². The zero-order valence-corrected chi connectivity index (χ0v) is 28.1. The number of aliphatic imine (C=N–C) groups is 2. The molecule has 0 spiro atoms. The van der Waals surface area contributed by atoms with Gasteiger partial charge >= 0.3 is 6.03 Å². The van der Waals surface area contributed by atoms with Crippen molar-refractivity contribution in [3.63, 3.8) is 0 Å². The van der Waals surface area contributed by atoms with Crippen molar-refractivity contribution in [2.75, 3.05) is 10.6 Å².